The molecule has 1 saturated carbocycles. The zero-order valence-electron chi connectivity index (χ0n) is 10.8. The number of aliphatic hydroxyl groups excluding tert-OH is 1. The predicted octanol–water partition coefficient (Wildman–Crippen LogP) is 0.318. The summed E-state index contributed by atoms with van der Waals surface area (Å²) in [7, 11) is 0. The van der Waals surface area contributed by atoms with Gasteiger partial charge in [-0.05, 0) is 12.8 Å². The highest BCUT2D eigenvalue weighted by Crippen LogP contribution is 2.21. The minimum absolute atomic E-state index is 0.0450. The van der Waals surface area contributed by atoms with Gasteiger partial charge in [0.15, 0.2) is 6.04 Å². The molecule has 1 atom stereocenters. The Bertz CT molecular complexity index is 415. The summed E-state index contributed by atoms with van der Waals surface area (Å²) < 4.78 is 1.45. The zero-order valence-corrected chi connectivity index (χ0v) is 10.8. The van der Waals surface area contributed by atoms with E-state index in [4.69, 9.17) is 5.11 Å². The number of nitrogens with zero attached hydrogens (tertiary/aromatic N) is 3. The number of carboxylic acid groups (broad SMARTS) is 1. The zero-order chi connectivity index (χ0) is 13.7. The van der Waals surface area contributed by atoms with Crippen LogP contribution in [0.25, 0.3) is 0 Å². The maximum atomic E-state index is 11.4. The molecule has 19 heavy (non-hydrogen) atoms. The Morgan fingerprint density at radius 1 is 1.47 bits per heavy atom. The molecule has 0 spiro atoms. The number of carbonyl (C=O) groups is 1. The molecule has 1 unspecified atom stereocenters. The summed E-state index contributed by atoms with van der Waals surface area (Å²) in [5.74, 6) is -0.943. The van der Waals surface area contributed by atoms with E-state index in [1.807, 2.05) is 0 Å². The van der Waals surface area contributed by atoms with Gasteiger partial charge in [-0.3, -0.25) is 10.1 Å². The van der Waals surface area contributed by atoms with Crippen LogP contribution in [0.5, 0.6) is 0 Å². The van der Waals surface area contributed by atoms with Crippen molar-refractivity contribution in [2.24, 2.45) is 0 Å². The van der Waals surface area contributed by atoms with Crippen LogP contribution in [0.1, 0.15) is 43.8 Å². The van der Waals surface area contributed by atoms with Crippen molar-refractivity contribution in [3.05, 3.63) is 11.9 Å². The lowest BCUT2D eigenvalue weighted by Gasteiger charge is -2.25. The smallest absolute Gasteiger partial charge is 0.327 e. The molecule has 0 aliphatic heterocycles. The van der Waals surface area contributed by atoms with E-state index >= 15 is 0 Å². The topological polar surface area (TPSA) is 100 Å². The molecule has 0 aromatic carbocycles. The van der Waals surface area contributed by atoms with Gasteiger partial charge < -0.3 is 10.2 Å². The van der Waals surface area contributed by atoms with Gasteiger partial charge in [0.25, 0.3) is 0 Å². The number of hydrogen-bond acceptors (Lipinski definition) is 5. The van der Waals surface area contributed by atoms with Gasteiger partial charge in [0.1, 0.15) is 5.69 Å². The van der Waals surface area contributed by atoms with Crippen LogP contribution in [-0.2, 0) is 11.3 Å². The van der Waals surface area contributed by atoms with E-state index in [1.165, 1.54) is 11.1 Å². The van der Waals surface area contributed by atoms with Crippen LogP contribution in [0, 0.1) is 0 Å². The van der Waals surface area contributed by atoms with Gasteiger partial charge in [-0.2, -0.15) is 0 Å². The molecule has 0 amide bonds. The molecule has 1 aliphatic rings. The van der Waals surface area contributed by atoms with Crippen LogP contribution < -0.4 is 5.32 Å². The second kappa shape index (κ2) is 6.63. The highest BCUT2D eigenvalue weighted by Gasteiger charge is 2.26. The summed E-state index contributed by atoms with van der Waals surface area (Å²) in [6.45, 7) is 0.277. The predicted molar refractivity (Wildman–Crippen MR) is 67.5 cm³/mol. The summed E-state index contributed by atoms with van der Waals surface area (Å²) in [4.78, 5) is 11.4. The molecule has 1 heterocycles. The number of nitrogens with one attached hydrogen (secondary N) is 1. The minimum Gasteiger partial charge on any atom is -0.480 e. The molecule has 0 bridgehead atoms. The standard InChI is InChI=1S/C12H20N4O3/c17-7-6-16-8-10(14-15-16)11(12(18)19)13-9-4-2-1-3-5-9/h8-9,11,13,17H,1-7H2,(H,18,19). The lowest BCUT2D eigenvalue weighted by Crippen LogP contribution is -2.38. The Labute approximate surface area is 111 Å². The third-order valence-electron chi connectivity index (χ3n) is 3.44. The van der Waals surface area contributed by atoms with Crippen LogP contribution in [0.4, 0.5) is 0 Å². The Hall–Kier alpha value is -1.47. The largest absolute Gasteiger partial charge is 0.480 e. The Morgan fingerprint density at radius 3 is 2.84 bits per heavy atom. The van der Waals surface area contributed by atoms with E-state index in [0.29, 0.717) is 12.2 Å². The van der Waals surface area contributed by atoms with Crippen molar-refractivity contribution in [2.75, 3.05) is 6.61 Å². The first-order valence-electron chi connectivity index (χ1n) is 6.70. The molecule has 106 valence electrons. The van der Waals surface area contributed by atoms with E-state index in [0.717, 1.165) is 25.7 Å². The van der Waals surface area contributed by atoms with Gasteiger partial charge >= 0.3 is 5.97 Å². The number of aliphatic carboxylic acids is 1. The highest BCUT2D eigenvalue weighted by molar-refractivity contribution is 5.74. The third kappa shape index (κ3) is 3.74. The third-order valence-corrected chi connectivity index (χ3v) is 3.44. The summed E-state index contributed by atoms with van der Waals surface area (Å²) in [6, 6.07) is -0.589. The fourth-order valence-electron chi connectivity index (χ4n) is 2.45. The van der Waals surface area contributed by atoms with E-state index in [-0.39, 0.29) is 12.6 Å². The molecule has 1 aromatic rings. The van der Waals surface area contributed by atoms with E-state index in [2.05, 4.69) is 15.6 Å². The molecule has 0 radical (unpaired) electrons. The van der Waals surface area contributed by atoms with Gasteiger partial charge in [0, 0.05) is 6.04 Å². The molecule has 7 nitrogen and oxygen atoms in total. The number of rotatable bonds is 6. The van der Waals surface area contributed by atoms with Gasteiger partial charge in [-0.1, -0.05) is 24.5 Å². The Kier molecular flexibility index (Phi) is 4.86. The summed E-state index contributed by atoms with van der Waals surface area (Å²) in [6.07, 6.45) is 7.10. The maximum absolute atomic E-state index is 11.4. The summed E-state index contributed by atoms with van der Waals surface area (Å²) in [5, 5.41) is 29.0. The van der Waals surface area contributed by atoms with Crippen molar-refractivity contribution < 1.29 is 15.0 Å². The van der Waals surface area contributed by atoms with Crippen LogP contribution >= 0.6 is 0 Å². The van der Waals surface area contributed by atoms with Crippen molar-refractivity contribution >= 4 is 5.97 Å². The number of aromatic nitrogens is 3. The van der Waals surface area contributed by atoms with Crippen molar-refractivity contribution in [1.82, 2.24) is 20.3 Å². The fourth-order valence-corrected chi connectivity index (χ4v) is 2.45. The second-order valence-electron chi connectivity index (χ2n) is 4.90. The van der Waals surface area contributed by atoms with Crippen molar-refractivity contribution in [3.8, 4) is 0 Å². The lowest BCUT2D eigenvalue weighted by molar-refractivity contribution is -0.140. The van der Waals surface area contributed by atoms with E-state index in [1.54, 1.807) is 6.20 Å². The SMILES string of the molecule is O=C(O)C(NC1CCCCC1)c1cn(CCO)nn1. The molecule has 2 rings (SSSR count). The second-order valence-corrected chi connectivity index (χ2v) is 4.90. The first-order valence-corrected chi connectivity index (χ1v) is 6.70. The van der Waals surface area contributed by atoms with Crippen molar-refractivity contribution in [1.29, 1.82) is 0 Å². The maximum Gasteiger partial charge on any atom is 0.327 e. The van der Waals surface area contributed by atoms with Crippen LogP contribution in [-0.4, -0.2) is 43.8 Å². The Morgan fingerprint density at radius 2 is 2.21 bits per heavy atom. The fraction of sp³-hybridized carbons (Fsp3) is 0.750. The van der Waals surface area contributed by atoms with E-state index in [9.17, 15) is 9.90 Å². The lowest BCUT2D eigenvalue weighted by atomic mass is 9.94. The Balaban J connectivity index is 2.03. The summed E-state index contributed by atoms with van der Waals surface area (Å²) in [5.41, 5.74) is 0.395. The highest BCUT2D eigenvalue weighted by atomic mass is 16.4. The molecular weight excluding hydrogens is 248 g/mol. The molecule has 1 aliphatic carbocycles. The van der Waals surface area contributed by atoms with Gasteiger partial charge in [0.05, 0.1) is 19.3 Å². The van der Waals surface area contributed by atoms with Crippen LogP contribution in [0.2, 0.25) is 0 Å². The molecule has 7 heteroatoms. The minimum atomic E-state index is -0.943. The molecule has 1 aromatic heterocycles. The first-order chi connectivity index (χ1) is 9.20. The average Bonchev–Trinajstić information content (AvgIpc) is 2.85. The van der Waals surface area contributed by atoms with Crippen molar-refractivity contribution in [3.63, 3.8) is 0 Å². The van der Waals surface area contributed by atoms with Gasteiger partial charge in [-0.25, -0.2) is 4.68 Å². The molecule has 1 fully saturated rings. The monoisotopic (exact) mass is 268 g/mol. The molecule has 3 N–H and O–H groups in total. The first kappa shape index (κ1) is 14.0. The van der Waals surface area contributed by atoms with Crippen LogP contribution in [0.15, 0.2) is 6.20 Å². The number of hydrogen-bond donors (Lipinski definition) is 3. The van der Waals surface area contributed by atoms with E-state index < -0.39 is 12.0 Å². The number of aliphatic hydroxyl groups is 1. The molecular formula is C12H20N4O3. The van der Waals surface area contributed by atoms with Crippen LogP contribution in [0.3, 0.4) is 0 Å². The van der Waals surface area contributed by atoms with Crippen molar-refractivity contribution in [2.45, 2.75) is 50.7 Å². The average molecular weight is 268 g/mol. The summed E-state index contributed by atoms with van der Waals surface area (Å²) >= 11 is 0. The van der Waals surface area contributed by atoms with Gasteiger partial charge in [-0.15, -0.1) is 5.10 Å². The molecule has 0 saturated heterocycles. The normalized spacial score (nSPS) is 18.4. The quantitative estimate of drug-likeness (QED) is 0.687. The number of carboxylic acids is 1. The van der Waals surface area contributed by atoms with Gasteiger partial charge in [0.2, 0.25) is 0 Å².